The van der Waals surface area contributed by atoms with Crippen molar-refractivity contribution < 1.29 is 24.2 Å². The summed E-state index contributed by atoms with van der Waals surface area (Å²) in [6.45, 7) is 53.8. The second-order valence-corrected chi connectivity index (χ2v) is 40.6. The van der Waals surface area contributed by atoms with Crippen LogP contribution in [0.25, 0.3) is 0 Å². The van der Waals surface area contributed by atoms with Crippen molar-refractivity contribution in [3.8, 4) is 0 Å². The van der Waals surface area contributed by atoms with Crippen LogP contribution in [0.5, 0.6) is 0 Å². The summed E-state index contributed by atoms with van der Waals surface area (Å²) in [4.78, 5) is 25.5. The second kappa shape index (κ2) is 23.1. The van der Waals surface area contributed by atoms with E-state index in [9.17, 15) is 9.59 Å². The van der Waals surface area contributed by atoms with Crippen LogP contribution in [0.2, 0.25) is 0 Å². The highest BCUT2D eigenvalue weighted by atomic mass is 31.2. The second-order valence-electron chi connectivity index (χ2n) is 35.2. The Balaban J connectivity index is 0.000000228. The molecule has 0 aromatic heterocycles. The van der Waals surface area contributed by atoms with Gasteiger partial charge >= 0.3 is 0 Å². The first-order valence-corrected chi connectivity index (χ1v) is 36.3. The first kappa shape index (κ1) is 69.6. The normalized spacial score (nSPS) is 19.2. The lowest BCUT2D eigenvalue weighted by Crippen LogP contribution is -2.42. The van der Waals surface area contributed by atoms with Gasteiger partial charge in [0.2, 0.25) is 11.8 Å². The molecule has 4 aliphatic rings. The molecule has 0 saturated carbocycles. The third kappa shape index (κ3) is 13.4. The minimum atomic E-state index is -3.45. The third-order valence-electron chi connectivity index (χ3n) is 19.9. The summed E-state index contributed by atoms with van der Waals surface area (Å²) in [7, 11) is -6.91. The number of hydrogen-bond donors (Lipinski definition) is 2. The standard InChI is InChI=1S/2C40H54NO2P.H2O/c2*1-36(2,3)27-20-28(37(4,5)6)23-31(22-27)44(43,32-24-29(38(7,8)9)21-30(25-32)39(10,11)12)33-15-13-14-26-16-18-40(35(26)33)19-17-34(42)41-40;/h2*13-15,20-25H,16-19H2,1-12H3,(H,41,42);1H2/t2*40-;/m11./s1. The predicted molar refractivity (Wildman–Crippen MR) is 380 cm³/mol. The predicted octanol–water partition coefficient (Wildman–Crippen LogP) is 16.3. The van der Waals surface area contributed by atoms with Gasteiger partial charge in [0.05, 0.1) is 11.1 Å². The van der Waals surface area contributed by atoms with Crippen molar-refractivity contribution in [2.75, 3.05) is 0 Å². The van der Waals surface area contributed by atoms with Gasteiger partial charge < -0.3 is 25.2 Å². The van der Waals surface area contributed by atoms with Crippen LogP contribution in [0.4, 0.5) is 0 Å². The molecule has 2 amide bonds. The lowest BCUT2D eigenvalue weighted by atomic mass is 9.81. The lowest BCUT2D eigenvalue weighted by Gasteiger charge is -2.34. The van der Waals surface area contributed by atoms with Gasteiger partial charge in [0.15, 0.2) is 14.3 Å². The lowest BCUT2D eigenvalue weighted by molar-refractivity contribution is -0.120. The van der Waals surface area contributed by atoms with Gasteiger partial charge in [0.25, 0.3) is 0 Å². The Bertz CT molecular complexity index is 3310. The molecular formula is C80H110N2O5P2. The van der Waals surface area contributed by atoms with Crippen molar-refractivity contribution in [1.82, 2.24) is 10.6 Å². The number of carbonyl (C=O) groups is 2. The summed E-state index contributed by atoms with van der Waals surface area (Å²) >= 11 is 0. The molecule has 2 heterocycles. The van der Waals surface area contributed by atoms with E-state index in [2.05, 4.69) is 286 Å². The number of fused-ring (bicyclic) bond motifs is 4. The largest absolute Gasteiger partial charge is 0.412 e. The van der Waals surface area contributed by atoms with Crippen LogP contribution in [0, 0.1) is 0 Å². The van der Waals surface area contributed by atoms with Gasteiger partial charge in [0.1, 0.15) is 0 Å². The topological polar surface area (TPSA) is 124 Å². The Labute approximate surface area is 537 Å². The van der Waals surface area contributed by atoms with E-state index in [0.717, 1.165) is 81.5 Å². The van der Waals surface area contributed by atoms with E-state index in [1.165, 1.54) is 55.6 Å². The monoisotopic (exact) mass is 1240 g/mol. The molecule has 2 aliphatic carbocycles. The average Bonchev–Trinajstić information content (AvgIpc) is 1.70. The van der Waals surface area contributed by atoms with Crippen molar-refractivity contribution >= 4 is 57.9 Å². The van der Waals surface area contributed by atoms with E-state index in [1.54, 1.807) is 0 Å². The van der Waals surface area contributed by atoms with Gasteiger partial charge in [-0.2, -0.15) is 0 Å². The molecule has 7 nitrogen and oxygen atoms in total. The minimum Gasteiger partial charge on any atom is -0.412 e. The Morgan fingerprint density at radius 2 is 0.517 bits per heavy atom. The summed E-state index contributed by atoms with van der Waals surface area (Å²) < 4.78 is 33.6. The smallest absolute Gasteiger partial charge is 0.220 e. The summed E-state index contributed by atoms with van der Waals surface area (Å²) in [5.74, 6) is 0.189. The van der Waals surface area contributed by atoms with Crippen LogP contribution < -0.4 is 42.5 Å². The van der Waals surface area contributed by atoms with Gasteiger partial charge in [-0.1, -0.05) is 227 Å². The number of amides is 2. The zero-order valence-electron chi connectivity index (χ0n) is 59.1. The number of hydrogen-bond acceptors (Lipinski definition) is 4. The van der Waals surface area contributed by atoms with E-state index in [1.807, 2.05) is 0 Å². The molecule has 10 rings (SSSR count). The fourth-order valence-corrected chi connectivity index (χ4v) is 20.1. The average molecular weight is 1240 g/mol. The molecule has 2 aliphatic heterocycles. The zero-order chi connectivity index (χ0) is 65.3. The third-order valence-corrected chi connectivity index (χ3v) is 25.9. The van der Waals surface area contributed by atoms with Crippen LogP contribution in [-0.2, 0) is 86.0 Å². The summed E-state index contributed by atoms with van der Waals surface area (Å²) in [5, 5.41) is 12.1. The van der Waals surface area contributed by atoms with E-state index in [0.29, 0.717) is 12.8 Å². The highest BCUT2D eigenvalue weighted by molar-refractivity contribution is 7.86. The van der Waals surface area contributed by atoms with Gasteiger partial charge in [-0.05, 0) is 197 Å². The quantitative estimate of drug-likeness (QED) is 0.161. The highest BCUT2D eigenvalue weighted by Gasteiger charge is 2.51. The summed E-state index contributed by atoms with van der Waals surface area (Å²) in [5.41, 5.74) is 12.3. The molecule has 4 N–H and O–H groups in total. The van der Waals surface area contributed by atoms with Gasteiger partial charge in [0, 0.05) is 44.7 Å². The van der Waals surface area contributed by atoms with Crippen molar-refractivity contribution in [3.05, 3.63) is 176 Å². The molecule has 2 atom stereocenters. The number of aryl methyl sites for hydroxylation is 2. The van der Waals surface area contributed by atoms with E-state index in [4.69, 9.17) is 0 Å². The highest BCUT2D eigenvalue weighted by Crippen LogP contribution is 2.55. The number of nitrogens with one attached hydrogen (secondary N) is 2. The van der Waals surface area contributed by atoms with E-state index >= 15 is 9.13 Å². The Morgan fingerprint density at radius 3 is 0.697 bits per heavy atom. The number of rotatable bonds is 6. The molecule has 0 bridgehead atoms. The molecular weight excluding hydrogens is 1130 g/mol. The molecule has 2 fully saturated rings. The van der Waals surface area contributed by atoms with Crippen LogP contribution in [0.1, 0.15) is 271 Å². The maximum Gasteiger partial charge on any atom is 0.220 e. The minimum absolute atomic E-state index is 0. The van der Waals surface area contributed by atoms with Crippen molar-refractivity contribution in [2.45, 2.75) is 272 Å². The molecule has 9 heteroatoms. The Hall–Kier alpha value is -5.32. The van der Waals surface area contributed by atoms with Crippen LogP contribution >= 0.6 is 14.3 Å². The van der Waals surface area contributed by atoms with E-state index in [-0.39, 0.29) is 60.6 Å². The van der Waals surface area contributed by atoms with Crippen molar-refractivity contribution in [2.24, 2.45) is 0 Å². The number of benzene rings is 6. The fraction of sp³-hybridized carbons (Fsp3) is 0.525. The molecule has 480 valence electrons. The Kier molecular flexibility index (Phi) is 18.0. The maximum absolute atomic E-state index is 16.8. The maximum atomic E-state index is 16.8. The van der Waals surface area contributed by atoms with Gasteiger partial charge in [-0.25, -0.2) is 0 Å². The molecule has 6 aromatic rings. The molecule has 0 unspecified atom stereocenters. The van der Waals surface area contributed by atoms with Crippen molar-refractivity contribution in [1.29, 1.82) is 0 Å². The molecule has 6 aromatic carbocycles. The zero-order valence-corrected chi connectivity index (χ0v) is 60.9. The Morgan fingerprint density at radius 1 is 0.315 bits per heavy atom. The van der Waals surface area contributed by atoms with Gasteiger partial charge in [-0.3, -0.25) is 9.59 Å². The van der Waals surface area contributed by atoms with Crippen LogP contribution in [-0.4, -0.2) is 17.3 Å². The molecule has 2 saturated heterocycles. The first-order valence-electron chi connectivity index (χ1n) is 32.9. The van der Waals surface area contributed by atoms with Gasteiger partial charge in [-0.15, -0.1) is 0 Å². The summed E-state index contributed by atoms with van der Waals surface area (Å²) in [6.07, 6.45) is 6.01. The van der Waals surface area contributed by atoms with Crippen molar-refractivity contribution in [3.63, 3.8) is 0 Å². The molecule has 0 radical (unpaired) electrons. The number of carbonyl (C=O) groups excluding carboxylic acids is 2. The summed E-state index contributed by atoms with van der Waals surface area (Å²) in [6, 6.07) is 39.8. The molecule has 2 spiro atoms. The SMILES string of the molecule is CC(C)(C)c1cc(C(C)(C)C)cc(P(=O)(c2cc(C(C)(C)C)cc(C(C)(C)C)c2)c2cccc3c2[C@]2(CCC(=O)N2)CC3)c1.CC(C)(C)c1cc(C(C)(C)C)cc(P(=O)(c2cc(C(C)(C)C)cc(C(C)(C)C)c2)c2cccc3c2[C@]2(CCC(=O)N2)CC3)c1.O. The first-order chi connectivity index (χ1) is 40.1. The van der Waals surface area contributed by atoms with E-state index < -0.39 is 25.4 Å². The molecule has 89 heavy (non-hydrogen) atoms. The fourth-order valence-electron chi connectivity index (χ4n) is 13.8. The van der Waals surface area contributed by atoms with Crippen LogP contribution in [0.15, 0.2) is 109 Å². The van der Waals surface area contributed by atoms with Crippen LogP contribution in [0.3, 0.4) is 0 Å².